The van der Waals surface area contributed by atoms with Crippen molar-refractivity contribution < 1.29 is 24.6 Å². The van der Waals surface area contributed by atoms with Crippen LogP contribution in [0.1, 0.15) is 54.4 Å². The van der Waals surface area contributed by atoms with Gasteiger partial charge in [0.25, 0.3) is 0 Å². The van der Waals surface area contributed by atoms with Crippen LogP contribution in [0.4, 0.5) is 0 Å². The van der Waals surface area contributed by atoms with Gasteiger partial charge in [-0.1, -0.05) is 37.8 Å². The lowest BCUT2D eigenvalue weighted by atomic mass is 10.0. The summed E-state index contributed by atoms with van der Waals surface area (Å²) in [7, 11) is 0. The summed E-state index contributed by atoms with van der Waals surface area (Å²) in [6.07, 6.45) is 7.12. The van der Waals surface area contributed by atoms with Crippen LogP contribution in [0.5, 0.6) is 0 Å². The van der Waals surface area contributed by atoms with Crippen molar-refractivity contribution in [2.45, 2.75) is 38.5 Å². The lowest BCUT2D eigenvalue weighted by Crippen LogP contribution is -2.27. The van der Waals surface area contributed by atoms with Gasteiger partial charge in [0.1, 0.15) is 5.70 Å². The molecule has 0 spiro atoms. The quantitative estimate of drug-likeness (QED) is 0.667. The first-order valence-electron chi connectivity index (χ1n) is 8.04. The van der Waals surface area contributed by atoms with Crippen LogP contribution in [0, 0.1) is 5.92 Å². The number of aliphatic carboxylic acids is 1. The standard InChI is InChI=1S/C18H21NO5/c20-16(10-7-12-3-1-2-4-12)19-15(18(23)24)11-13-5-8-14(9-6-13)17(21)22/h5-6,8-9,11-12H,1-4,7,10H2,(H,19,20)(H,21,22)(H,23,24). The van der Waals surface area contributed by atoms with Gasteiger partial charge in [0.2, 0.25) is 5.91 Å². The van der Waals surface area contributed by atoms with Crippen LogP contribution in [0.25, 0.3) is 6.08 Å². The third-order valence-corrected chi connectivity index (χ3v) is 4.23. The highest BCUT2D eigenvalue weighted by molar-refractivity contribution is 5.97. The fourth-order valence-corrected chi connectivity index (χ4v) is 2.89. The van der Waals surface area contributed by atoms with Crippen LogP contribution in [0.3, 0.4) is 0 Å². The topological polar surface area (TPSA) is 104 Å². The molecule has 0 bridgehead atoms. The minimum absolute atomic E-state index is 0.115. The first-order valence-corrected chi connectivity index (χ1v) is 8.04. The van der Waals surface area contributed by atoms with Crippen LogP contribution in [0.15, 0.2) is 30.0 Å². The highest BCUT2D eigenvalue weighted by Gasteiger charge is 2.17. The Balaban J connectivity index is 1.98. The van der Waals surface area contributed by atoms with Crippen LogP contribution in [-0.4, -0.2) is 28.1 Å². The molecule has 1 amide bonds. The average Bonchev–Trinajstić information content (AvgIpc) is 3.06. The SMILES string of the molecule is O=C(CCC1CCCC1)NC(=Cc1ccc(C(=O)O)cc1)C(=O)O. The predicted octanol–water partition coefficient (Wildman–Crippen LogP) is 2.90. The number of carboxylic acid groups (broad SMARTS) is 2. The summed E-state index contributed by atoms with van der Waals surface area (Å²) in [5.41, 5.74) is 0.410. The molecule has 1 aromatic rings. The highest BCUT2D eigenvalue weighted by atomic mass is 16.4. The summed E-state index contributed by atoms with van der Waals surface area (Å²) >= 11 is 0. The van der Waals surface area contributed by atoms with Crippen LogP contribution >= 0.6 is 0 Å². The normalized spacial score (nSPS) is 15.2. The summed E-state index contributed by atoms with van der Waals surface area (Å²) in [5, 5.41) is 20.5. The van der Waals surface area contributed by atoms with E-state index in [1.54, 1.807) is 0 Å². The molecular weight excluding hydrogens is 310 g/mol. The van der Waals surface area contributed by atoms with E-state index < -0.39 is 11.9 Å². The summed E-state index contributed by atoms with van der Waals surface area (Å²) in [4.78, 5) is 34.1. The molecule has 0 unspecified atom stereocenters. The van der Waals surface area contributed by atoms with E-state index >= 15 is 0 Å². The monoisotopic (exact) mass is 331 g/mol. The fraction of sp³-hybridized carbons (Fsp3) is 0.389. The number of nitrogens with one attached hydrogen (secondary N) is 1. The van der Waals surface area contributed by atoms with Crippen molar-refractivity contribution >= 4 is 23.9 Å². The van der Waals surface area contributed by atoms with Gasteiger partial charge in [-0.15, -0.1) is 0 Å². The van der Waals surface area contributed by atoms with Crippen LogP contribution < -0.4 is 5.32 Å². The van der Waals surface area contributed by atoms with Crippen molar-refractivity contribution in [1.29, 1.82) is 0 Å². The Morgan fingerprint density at radius 1 is 1.08 bits per heavy atom. The summed E-state index contributed by atoms with van der Waals surface area (Å²) in [6.45, 7) is 0. The molecule has 0 atom stereocenters. The van der Waals surface area contributed by atoms with Gasteiger partial charge in [-0.05, 0) is 36.1 Å². The number of carbonyl (C=O) groups excluding carboxylic acids is 1. The molecule has 6 nitrogen and oxygen atoms in total. The maximum Gasteiger partial charge on any atom is 0.352 e. The van der Waals surface area contributed by atoms with E-state index in [0.717, 1.165) is 19.3 Å². The summed E-state index contributed by atoms with van der Waals surface area (Å²) in [6, 6.07) is 5.76. The number of amides is 1. The number of hydrogen-bond acceptors (Lipinski definition) is 3. The smallest absolute Gasteiger partial charge is 0.352 e. The van der Waals surface area contributed by atoms with Gasteiger partial charge in [0, 0.05) is 6.42 Å². The van der Waals surface area contributed by atoms with Gasteiger partial charge in [-0.2, -0.15) is 0 Å². The first kappa shape index (κ1) is 17.7. The molecule has 0 radical (unpaired) electrons. The van der Waals surface area contributed by atoms with Crippen LogP contribution in [0.2, 0.25) is 0 Å². The molecule has 24 heavy (non-hydrogen) atoms. The van der Waals surface area contributed by atoms with Crippen LogP contribution in [-0.2, 0) is 9.59 Å². The van der Waals surface area contributed by atoms with E-state index in [9.17, 15) is 19.5 Å². The first-order chi connectivity index (χ1) is 11.5. The van der Waals surface area contributed by atoms with E-state index in [-0.39, 0.29) is 17.2 Å². The highest BCUT2D eigenvalue weighted by Crippen LogP contribution is 2.28. The van der Waals surface area contributed by atoms with Gasteiger partial charge in [0.15, 0.2) is 0 Å². The van der Waals surface area contributed by atoms with Gasteiger partial charge in [-0.25, -0.2) is 9.59 Å². The molecule has 3 N–H and O–H groups in total. The molecule has 0 heterocycles. The molecule has 1 aliphatic rings. The molecule has 0 aromatic heterocycles. The van der Waals surface area contributed by atoms with E-state index in [0.29, 0.717) is 17.9 Å². The van der Waals surface area contributed by atoms with Crippen molar-refractivity contribution in [2.24, 2.45) is 5.92 Å². The average molecular weight is 331 g/mol. The second-order valence-corrected chi connectivity index (χ2v) is 6.03. The van der Waals surface area contributed by atoms with E-state index in [2.05, 4.69) is 5.32 Å². The zero-order chi connectivity index (χ0) is 17.5. The van der Waals surface area contributed by atoms with Crippen molar-refractivity contribution in [1.82, 2.24) is 5.32 Å². The van der Waals surface area contributed by atoms with E-state index in [1.807, 2.05) is 0 Å². The third-order valence-electron chi connectivity index (χ3n) is 4.23. The van der Waals surface area contributed by atoms with E-state index in [4.69, 9.17) is 5.11 Å². The van der Waals surface area contributed by atoms with E-state index in [1.165, 1.54) is 43.2 Å². The van der Waals surface area contributed by atoms with Crippen molar-refractivity contribution in [2.75, 3.05) is 0 Å². The second kappa shape index (κ2) is 8.29. The second-order valence-electron chi connectivity index (χ2n) is 6.03. The number of aromatic carboxylic acids is 1. The minimum atomic E-state index is -1.23. The van der Waals surface area contributed by atoms with Crippen molar-refractivity contribution in [3.8, 4) is 0 Å². The Hall–Kier alpha value is -2.63. The zero-order valence-electron chi connectivity index (χ0n) is 13.3. The number of benzene rings is 1. The van der Waals surface area contributed by atoms with Gasteiger partial charge >= 0.3 is 11.9 Å². The summed E-state index contributed by atoms with van der Waals surface area (Å²) < 4.78 is 0. The third kappa shape index (κ3) is 5.22. The maximum absolute atomic E-state index is 12.0. The van der Waals surface area contributed by atoms with Gasteiger partial charge in [0.05, 0.1) is 5.56 Å². The Bertz CT molecular complexity index is 642. The number of hydrogen-bond donors (Lipinski definition) is 3. The molecule has 6 heteroatoms. The molecule has 1 aromatic carbocycles. The lowest BCUT2D eigenvalue weighted by Gasteiger charge is -2.09. The van der Waals surface area contributed by atoms with Crippen molar-refractivity contribution in [3.05, 3.63) is 41.1 Å². The maximum atomic E-state index is 12.0. The largest absolute Gasteiger partial charge is 0.478 e. The van der Waals surface area contributed by atoms with Gasteiger partial charge in [-0.3, -0.25) is 4.79 Å². The molecule has 2 rings (SSSR count). The van der Waals surface area contributed by atoms with Crippen molar-refractivity contribution in [3.63, 3.8) is 0 Å². The number of carbonyl (C=O) groups is 3. The molecule has 0 saturated heterocycles. The Kier molecular flexibility index (Phi) is 6.12. The molecule has 1 aliphatic carbocycles. The molecule has 128 valence electrons. The number of carboxylic acids is 2. The Morgan fingerprint density at radius 3 is 2.25 bits per heavy atom. The predicted molar refractivity (Wildman–Crippen MR) is 88.3 cm³/mol. The lowest BCUT2D eigenvalue weighted by molar-refractivity contribution is -0.134. The molecule has 1 fully saturated rings. The fourth-order valence-electron chi connectivity index (χ4n) is 2.89. The minimum Gasteiger partial charge on any atom is -0.478 e. The Labute approximate surface area is 140 Å². The zero-order valence-corrected chi connectivity index (χ0v) is 13.3. The molecular formula is C18H21NO5. The molecule has 0 aliphatic heterocycles. The summed E-state index contributed by atoms with van der Waals surface area (Å²) in [5.74, 6) is -2.02. The Morgan fingerprint density at radius 2 is 1.71 bits per heavy atom. The molecule has 1 saturated carbocycles. The van der Waals surface area contributed by atoms with Gasteiger partial charge < -0.3 is 15.5 Å². The number of rotatable bonds is 7.